The van der Waals surface area contributed by atoms with Crippen molar-refractivity contribution in [1.29, 1.82) is 0 Å². The van der Waals surface area contributed by atoms with Crippen LogP contribution in [0.25, 0.3) is 0 Å². The van der Waals surface area contributed by atoms with Gasteiger partial charge in [0, 0.05) is 6.04 Å². The second-order valence-electron chi connectivity index (χ2n) is 6.44. The lowest BCUT2D eigenvalue weighted by atomic mass is 9.67. The summed E-state index contributed by atoms with van der Waals surface area (Å²) in [5.74, 6) is 4.01. The van der Waals surface area contributed by atoms with Crippen LogP contribution in [0.1, 0.15) is 58.8 Å². The zero-order valence-corrected chi connectivity index (χ0v) is 11.3. The molecule has 0 amide bonds. The van der Waals surface area contributed by atoms with Crippen LogP contribution >= 0.6 is 0 Å². The van der Waals surface area contributed by atoms with Gasteiger partial charge in [-0.05, 0) is 56.4 Å². The minimum absolute atomic E-state index is 0.813. The summed E-state index contributed by atoms with van der Waals surface area (Å²) in [6, 6.07) is 0.813. The molecule has 0 bridgehead atoms. The summed E-state index contributed by atoms with van der Waals surface area (Å²) >= 11 is 0. The van der Waals surface area contributed by atoms with Gasteiger partial charge in [0.2, 0.25) is 0 Å². The summed E-state index contributed by atoms with van der Waals surface area (Å²) in [7, 11) is 2.14. The fourth-order valence-electron chi connectivity index (χ4n) is 3.94. The van der Waals surface area contributed by atoms with Crippen LogP contribution in [0.15, 0.2) is 0 Å². The molecule has 2 saturated carbocycles. The van der Waals surface area contributed by atoms with Gasteiger partial charge in [-0.3, -0.25) is 0 Å². The molecule has 0 aromatic heterocycles. The Morgan fingerprint density at radius 2 is 1.56 bits per heavy atom. The van der Waals surface area contributed by atoms with E-state index in [1.54, 1.807) is 0 Å². The van der Waals surface area contributed by atoms with Gasteiger partial charge in [-0.15, -0.1) is 0 Å². The highest BCUT2D eigenvalue weighted by molar-refractivity contribution is 4.85. The zero-order valence-electron chi connectivity index (χ0n) is 11.3. The molecule has 1 heteroatoms. The van der Waals surface area contributed by atoms with E-state index in [-0.39, 0.29) is 0 Å². The van der Waals surface area contributed by atoms with Crippen molar-refractivity contribution in [3.05, 3.63) is 0 Å². The highest BCUT2D eigenvalue weighted by atomic mass is 14.9. The van der Waals surface area contributed by atoms with Crippen LogP contribution in [-0.2, 0) is 0 Å². The van der Waals surface area contributed by atoms with Crippen LogP contribution in [0, 0.1) is 23.7 Å². The van der Waals surface area contributed by atoms with E-state index in [4.69, 9.17) is 0 Å². The van der Waals surface area contributed by atoms with Crippen molar-refractivity contribution >= 4 is 0 Å². The first-order chi connectivity index (χ1) is 7.70. The molecule has 2 fully saturated rings. The van der Waals surface area contributed by atoms with Gasteiger partial charge >= 0.3 is 0 Å². The lowest BCUT2D eigenvalue weighted by Crippen LogP contribution is -2.36. The van der Waals surface area contributed by atoms with Crippen molar-refractivity contribution < 1.29 is 0 Å². The predicted octanol–water partition coefficient (Wildman–Crippen LogP) is 3.84. The van der Waals surface area contributed by atoms with Crippen LogP contribution in [0.5, 0.6) is 0 Å². The molecule has 0 aromatic rings. The largest absolute Gasteiger partial charge is 0.317 e. The second-order valence-corrected chi connectivity index (χ2v) is 6.44. The molecule has 0 radical (unpaired) electrons. The minimum Gasteiger partial charge on any atom is -0.317 e. The quantitative estimate of drug-likeness (QED) is 0.750. The molecular weight excluding hydrogens is 194 g/mol. The first kappa shape index (κ1) is 12.4. The maximum atomic E-state index is 3.49. The van der Waals surface area contributed by atoms with Crippen molar-refractivity contribution in [2.45, 2.75) is 64.8 Å². The lowest BCUT2D eigenvalue weighted by molar-refractivity contribution is 0.121. The van der Waals surface area contributed by atoms with E-state index in [9.17, 15) is 0 Å². The van der Waals surface area contributed by atoms with Gasteiger partial charge in [0.15, 0.2) is 0 Å². The summed E-state index contributed by atoms with van der Waals surface area (Å²) in [6.07, 6.45) is 10.3. The van der Waals surface area contributed by atoms with Crippen LogP contribution in [0.2, 0.25) is 0 Å². The van der Waals surface area contributed by atoms with E-state index in [1.165, 1.54) is 44.9 Å². The highest BCUT2D eigenvalue weighted by Crippen LogP contribution is 2.42. The molecule has 1 nitrogen and oxygen atoms in total. The summed E-state index contributed by atoms with van der Waals surface area (Å²) in [4.78, 5) is 0. The summed E-state index contributed by atoms with van der Waals surface area (Å²) < 4.78 is 0. The Kier molecular flexibility index (Phi) is 4.29. The van der Waals surface area contributed by atoms with Crippen LogP contribution in [-0.4, -0.2) is 13.1 Å². The third kappa shape index (κ3) is 2.80. The SMILES string of the molecule is CNC1CCCC(C2CCC(C)C(C)C2)C1. The zero-order chi connectivity index (χ0) is 11.5. The molecule has 0 heterocycles. The molecule has 1 N–H and O–H groups in total. The smallest absolute Gasteiger partial charge is 0.00668 e. The number of rotatable bonds is 2. The molecule has 5 unspecified atom stereocenters. The molecule has 0 spiro atoms. The van der Waals surface area contributed by atoms with E-state index < -0.39 is 0 Å². The average Bonchev–Trinajstić information content (AvgIpc) is 2.33. The van der Waals surface area contributed by atoms with Crippen molar-refractivity contribution in [2.75, 3.05) is 7.05 Å². The van der Waals surface area contributed by atoms with Crippen molar-refractivity contribution in [3.8, 4) is 0 Å². The third-order valence-electron chi connectivity index (χ3n) is 5.43. The predicted molar refractivity (Wildman–Crippen MR) is 70.5 cm³/mol. The average molecular weight is 223 g/mol. The summed E-state index contributed by atoms with van der Waals surface area (Å²) in [5.41, 5.74) is 0. The third-order valence-corrected chi connectivity index (χ3v) is 5.43. The minimum atomic E-state index is 0.813. The van der Waals surface area contributed by atoms with Crippen molar-refractivity contribution in [2.24, 2.45) is 23.7 Å². The first-order valence-electron chi connectivity index (χ1n) is 7.38. The van der Waals surface area contributed by atoms with Crippen LogP contribution in [0.3, 0.4) is 0 Å². The molecule has 16 heavy (non-hydrogen) atoms. The number of hydrogen-bond acceptors (Lipinski definition) is 1. The van der Waals surface area contributed by atoms with Crippen LogP contribution in [0.4, 0.5) is 0 Å². The Morgan fingerprint density at radius 1 is 0.812 bits per heavy atom. The molecule has 2 aliphatic carbocycles. The fourth-order valence-corrected chi connectivity index (χ4v) is 3.94. The summed E-state index contributed by atoms with van der Waals surface area (Å²) in [6.45, 7) is 4.91. The Labute approximate surface area is 101 Å². The Hall–Kier alpha value is -0.0400. The molecule has 2 rings (SSSR count). The molecule has 0 saturated heterocycles. The van der Waals surface area contributed by atoms with Gasteiger partial charge in [0.1, 0.15) is 0 Å². The van der Waals surface area contributed by atoms with E-state index >= 15 is 0 Å². The fraction of sp³-hybridized carbons (Fsp3) is 1.00. The molecule has 94 valence electrons. The molecule has 2 aliphatic rings. The first-order valence-corrected chi connectivity index (χ1v) is 7.38. The lowest BCUT2D eigenvalue weighted by Gasteiger charge is -2.40. The van der Waals surface area contributed by atoms with Crippen LogP contribution < -0.4 is 5.32 Å². The van der Waals surface area contributed by atoms with E-state index in [0.717, 1.165) is 29.7 Å². The maximum Gasteiger partial charge on any atom is 0.00668 e. The number of hydrogen-bond donors (Lipinski definition) is 1. The molecule has 0 aromatic carbocycles. The number of nitrogens with one attached hydrogen (secondary N) is 1. The van der Waals surface area contributed by atoms with Crippen molar-refractivity contribution in [1.82, 2.24) is 5.32 Å². The van der Waals surface area contributed by atoms with Gasteiger partial charge in [-0.25, -0.2) is 0 Å². The van der Waals surface area contributed by atoms with Gasteiger partial charge in [-0.2, -0.15) is 0 Å². The van der Waals surface area contributed by atoms with E-state index in [2.05, 4.69) is 26.2 Å². The van der Waals surface area contributed by atoms with Gasteiger partial charge in [0.25, 0.3) is 0 Å². The molecule has 5 atom stereocenters. The Morgan fingerprint density at radius 3 is 2.25 bits per heavy atom. The van der Waals surface area contributed by atoms with Gasteiger partial charge < -0.3 is 5.32 Å². The van der Waals surface area contributed by atoms with Gasteiger partial charge in [0.05, 0.1) is 0 Å². The molecular formula is C15H29N. The Balaban J connectivity index is 1.87. The second kappa shape index (κ2) is 5.53. The van der Waals surface area contributed by atoms with Crippen molar-refractivity contribution in [3.63, 3.8) is 0 Å². The molecule has 0 aliphatic heterocycles. The standard InChI is InChI=1S/C15H29N/c1-11-7-8-14(9-12(11)2)13-5-4-6-15(10-13)16-3/h11-16H,4-10H2,1-3H3. The van der Waals surface area contributed by atoms with E-state index in [0.29, 0.717) is 0 Å². The maximum absolute atomic E-state index is 3.49. The highest BCUT2D eigenvalue weighted by Gasteiger charge is 2.32. The normalized spacial score (nSPS) is 45.6. The monoisotopic (exact) mass is 223 g/mol. The topological polar surface area (TPSA) is 12.0 Å². The van der Waals surface area contributed by atoms with E-state index in [1.807, 2.05) is 0 Å². The Bertz CT molecular complexity index is 209. The van der Waals surface area contributed by atoms with Gasteiger partial charge in [-0.1, -0.05) is 33.1 Å². The summed E-state index contributed by atoms with van der Waals surface area (Å²) in [5, 5.41) is 3.49.